The maximum atomic E-state index is 12.0. The van der Waals surface area contributed by atoms with Crippen LogP contribution in [0.4, 0.5) is 0 Å². The van der Waals surface area contributed by atoms with Crippen molar-refractivity contribution in [2.75, 3.05) is 7.11 Å². The van der Waals surface area contributed by atoms with Gasteiger partial charge in [-0.2, -0.15) is 0 Å². The Morgan fingerprint density at radius 3 is 2.00 bits per heavy atom. The summed E-state index contributed by atoms with van der Waals surface area (Å²) < 4.78 is 10.9. The predicted octanol–water partition coefficient (Wildman–Crippen LogP) is 3.73. The average molecular weight is 327 g/mol. The van der Waals surface area contributed by atoms with E-state index in [4.69, 9.17) is 9.47 Å². The first-order chi connectivity index (χ1) is 11.4. The second-order valence-electron chi connectivity index (χ2n) is 6.66. The van der Waals surface area contributed by atoms with E-state index in [9.17, 15) is 4.79 Å². The molecule has 0 fully saturated rings. The lowest BCUT2D eigenvalue weighted by atomic mass is 10.1. The minimum atomic E-state index is -0.214. The van der Waals surface area contributed by atoms with Gasteiger partial charge >= 0.3 is 0 Å². The molecule has 2 rings (SSSR count). The van der Waals surface area contributed by atoms with Gasteiger partial charge in [-0.15, -0.1) is 0 Å². The van der Waals surface area contributed by atoms with E-state index in [2.05, 4.69) is 5.32 Å². The van der Waals surface area contributed by atoms with Crippen molar-refractivity contribution < 1.29 is 14.3 Å². The molecule has 0 atom stereocenters. The van der Waals surface area contributed by atoms with Crippen LogP contribution >= 0.6 is 0 Å². The highest BCUT2D eigenvalue weighted by Gasteiger charge is 2.11. The summed E-state index contributed by atoms with van der Waals surface area (Å²) in [5.74, 6) is 1.61. The SMILES string of the molecule is COc1ccc(CC(=O)NCc2ccc(OC(C)(C)C)cc2)cc1. The highest BCUT2D eigenvalue weighted by Crippen LogP contribution is 2.18. The number of benzene rings is 2. The number of carbonyl (C=O) groups is 1. The van der Waals surface area contributed by atoms with Crippen LogP contribution in [0.15, 0.2) is 48.5 Å². The van der Waals surface area contributed by atoms with Gasteiger partial charge in [-0.25, -0.2) is 0 Å². The molecular weight excluding hydrogens is 302 g/mol. The molecule has 0 saturated heterocycles. The van der Waals surface area contributed by atoms with E-state index < -0.39 is 0 Å². The summed E-state index contributed by atoms with van der Waals surface area (Å²) in [7, 11) is 1.62. The van der Waals surface area contributed by atoms with Crippen LogP contribution < -0.4 is 14.8 Å². The lowest BCUT2D eigenvalue weighted by Crippen LogP contribution is -2.24. The molecule has 4 nitrogen and oxygen atoms in total. The molecule has 0 saturated carbocycles. The van der Waals surface area contributed by atoms with Gasteiger partial charge in [-0.05, 0) is 56.2 Å². The molecule has 0 radical (unpaired) electrons. The van der Waals surface area contributed by atoms with Crippen LogP contribution in [-0.2, 0) is 17.8 Å². The van der Waals surface area contributed by atoms with Crippen LogP contribution in [0.1, 0.15) is 31.9 Å². The molecule has 1 amide bonds. The van der Waals surface area contributed by atoms with Gasteiger partial charge in [-0.3, -0.25) is 4.79 Å². The lowest BCUT2D eigenvalue weighted by Gasteiger charge is -2.21. The van der Waals surface area contributed by atoms with Gasteiger partial charge in [0.15, 0.2) is 0 Å². The van der Waals surface area contributed by atoms with Crippen molar-refractivity contribution in [2.45, 2.75) is 39.3 Å². The first kappa shape index (κ1) is 17.9. The Hall–Kier alpha value is -2.49. The molecule has 1 N–H and O–H groups in total. The summed E-state index contributed by atoms with van der Waals surface area (Å²) in [4.78, 5) is 12.0. The summed E-state index contributed by atoms with van der Waals surface area (Å²) in [6.07, 6.45) is 0.356. The van der Waals surface area contributed by atoms with Gasteiger partial charge in [0.1, 0.15) is 17.1 Å². The molecule has 24 heavy (non-hydrogen) atoms. The van der Waals surface area contributed by atoms with E-state index in [0.29, 0.717) is 13.0 Å². The predicted molar refractivity (Wildman–Crippen MR) is 95.4 cm³/mol. The molecular formula is C20H25NO3. The van der Waals surface area contributed by atoms with Gasteiger partial charge < -0.3 is 14.8 Å². The van der Waals surface area contributed by atoms with E-state index in [1.807, 2.05) is 69.3 Å². The molecule has 0 bridgehead atoms. The van der Waals surface area contributed by atoms with Crippen molar-refractivity contribution in [3.63, 3.8) is 0 Å². The van der Waals surface area contributed by atoms with Crippen molar-refractivity contribution in [1.82, 2.24) is 5.32 Å². The maximum Gasteiger partial charge on any atom is 0.224 e. The van der Waals surface area contributed by atoms with Gasteiger partial charge in [0, 0.05) is 6.54 Å². The Labute approximate surface area is 143 Å². The number of hydrogen-bond acceptors (Lipinski definition) is 3. The molecule has 0 aliphatic rings. The number of rotatable bonds is 6. The molecule has 0 aromatic heterocycles. The summed E-state index contributed by atoms with van der Waals surface area (Å²) >= 11 is 0. The summed E-state index contributed by atoms with van der Waals surface area (Å²) in [5.41, 5.74) is 1.79. The number of nitrogens with one attached hydrogen (secondary N) is 1. The highest BCUT2D eigenvalue weighted by atomic mass is 16.5. The van der Waals surface area contributed by atoms with Crippen LogP contribution in [-0.4, -0.2) is 18.6 Å². The molecule has 0 heterocycles. The third-order valence-electron chi connectivity index (χ3n) is 3.36. The second-order valence-corrected chi connectivity index (χ2v) is 6.66. The third kappa shape index (κ3) is 5.95. The smallest absolute Gasteiger partial charge is 0.224 e. The number of hydrogen-bond donors (Lipinski definition) is 1. The summed E-state index contributed by atoms with van der Waals surface area (Å²) in [6.45, 7) is 6.55. The summed E-state index contributed by atoms with van der Waals surface area (Å²) in [5, 5.41) is 2.93. The first-order valence-corrected chi connectivity index (χ1v) is 8.03. The first-order valence-electron chi connectivity index (χ1n) is 8.03. The standard InChI is InChI=1S/C20H25NO3/c1-20(2,3)24-18-11-7-16(8-12-18)14-21-19(22)13-15-5-9-17(23-4)10-6-15/h5-12H,13-14H2,1-4H3,(H,21,22). The molecule has 0 aliphatic heterocycles. The van der Waals surface area contributed by atoms with E-state index in [0.717, 1.165) is 22.6 Å². The zero-order chi connectivity index (χ0) is 17.6. The van der Waals surface area contributed by atoms with Crippen LogP contribution in [0.5, 0.6) is 11.5 Å². The fourth-order valence-corrected chi connectivity index (χ4v) is 2.22. The zero-order valence-electron chi connectivity index (χ0n) is 14.8. The molecule has 128 valence electrons. The third-order valence-corrected chi connectivity index (χ3v) is 3.36. The minimum absolute atomic E-state index is 0.00446. The largest absolute Gasteiger partial charge is 0.497 e. The maximum absolute atomic E-state index is 12.0. The highest BCUT2D eigenvalue weighted by molar-refractivity contribution is 5.78. The summed E-state index contributed by atoms with van der Waals surface area (Å²) in [6, 6.07) is 15.3. The molecule has 2 aromatic carbocycles. The average Bonchev–Trinajstić information content (AvgIpc) is 2.53. The fourth-order valence-electron chi connectivity index (χ4n) is 2.22. The molecule has 0 aliphatic carbocycles. The van der Waals surface area contributed by atoms with Crippen molar-refractivity contribution in [2.24, 2.45) is 0 Å². The van der Waals surface area contributed by atoms with Gasteiger partial charge in [0.2, 0.25) is 5.91 Å². The quantitative estimate of drug-likeness (QED) is 0.879. The monoisotopic (exact) mass is 327 g/mol. The van der Waals surface area contributed by atoms with Gasteiger partial charge in [-0.1, -0.05) is 24.3 Å². The zero-order valence-corrected chi connectivity index (χ0v) is 14.8. The van der Waals surface area contributed by atoms with Crippen molar-refractivity contribution >= 4 is 5.91 Å². The Morgan fingerprint density at radius 1 is 0.917 bits per heavy atom. The molecule has 0 spiro atoms. The van der Waals surface area contributed by atoms with Crippen molar-refractivity contribution in [3.8, 4) is 11.5 Å². The normalized spacial score (nSPS) is 11.0. The molecule has 2 aromatic rings. The Balaban J connectivity index is 1.82. The number of ether oxygens (including phenoxy) is 2. The van der Waals surface area contributed by atoms with E-state index in [1.54, 1.807) is 7.11 Å². The Morgan fingerprint density at radius 2 is 1.46 bits per heavy atom. The fraction of sp³-hybridized carbons (Fsp3) is 0.350. The topological polar surface area (TPSA) is 47.6 Å². The van der Waals surface area contributed by atoms with Crippen LogP contribution in [0, 0.1) is 0 Å². The van der Waals surface area contributed by atoms with E-state index >= 15 is 0 Å². The number of carbonyl (C=O) groups excluding carboxylic acids is 1. The van der Waals surface area contributed by atoms with Gasteiger partial charge in [0.05, 0.1) is 13.5 Å². The van der Waals surface area contributed by atoms with Crippen molar-refractivity contribution in [3.05, 3.63) is 59.7 Å². The Kier molecular flexibility index (Phi) is 5.85. The van der Waals surface area contributed by atoms with E-state index in [1.165, 1.54) is 0 Å². The van der Waals surface area contributed by atoms with Crippen LogP contribution in [0.3, 0.4) is 0 Å². The molecule has 4 heteroatoms. The molecule has 0 unspecified atom stereocenters. The van der Waals surface area contributed by atoms with Crippen molar-refractivity contribution in [1.29, 1.82) is 0 Å². The number of amides is 1. The van der Waals surface area contributed by atoms with Crippen LogP contribution in [0.2, 0.25) is 0 Å². The minimum Gasteiger partial charge on any atom is -0.497 e. The van der Waals surface area contributed by atoms with Crippen LogP contribution in [0.25, 0.3) is 0 Å². The Bertz CT molecular complexity index is 655. The van der Waals surface area contributed by atoms with Gasteiger partial charge in [0.25, 0.3) is 0 Å². The lowest BCUT2D eigenvalue weighted by molar-refractivity contribution is -0.120. The second kappa shape index (κ2) is 7.86. The number of methoxy groups -OCH3 is 1. The van der Waals surface area contributed by atoms with E-state index in [-0.39, 0.29) is 11.5 Å².